The summed E-state index contributed by atoms with van der Waals surface area (Å²) in [5.41, 5.74) is -3.98. The molecule has 0 aliphatic rings. The molecule has 0 spiro atoms. The Morgan fingerprint density at radius 1 is 1.08 bits per heavy atom. The van der Waals surface area contributed by atoms with Crippen molar-refractivity contribution in [3.8, 4) is 0 Å². The van der Waals surface area contributed by atoms with Crippen molar-refractivity contribution in [2.75, 3.05) is 0 Å². The van der Waals surface area contributed by atoms with Gasteiger partial charge in [0.2, 0.25) is 0 Å². The Labute approximate surface area is 72.1 Å². The van der Waals surface area contributed by atoms with E-state index in [0.29, 0.717) is 5.69 Å². The summed E-state index contributed by atoms with van der Waals surface area (Å²) in [7, 11) is 0. The van der Waals surface area contributed by atoms with Gasteiger partial charge in [-0.1, -0.05) is 30.3 Å². The molecule has 0 amide bonds. The minimum atomic E-state index is -4.30. The molecule has 66 valence electrons. The SMILES string of the molecule is FC(F)(F)S[N-]c1ccccc1. The topological polar surface area (TPSA) is 14.1 Å². The van der Waals surface area contributed by atoms with Crippen molar-refractivity contribution in [2.24, 2.45) is 0 Å². The number of alkyl halides is 3. The van der Waals surface area contributed by atoms with Gasteiger partial charge in [-0.2, -0.15) is 25.1 Å². The average Bonchev–Trinajstić information content (AvgIpc) is 2.02. The number of hydrogen-bond acceptors (Lipinski definition) is 1. The molecule has 0 fully saturated rings. The molecule has 0 heterocycles. The van der Waals surface area contributed by atoms with E-state index >= 15 is 0 Å². The first kappa shape index (κ1) is 9.25. The second kappa shape index (κ2) is 3.71. The van der Waals surface area contributed by atoms with Crippen molar-refractivity contribution in [2.45, 2.75) is 5.51 Å². The minimum Gasteiger partial charge on any atom is -0.624 e. The molecule has 5 heteroatoms. The molecular formula is C7H5F3NS-. The standard InChI is InChI=1S/C7H5F3NS/c8-7(9,10)12-11-6-4-2-1-3-5-6/h1-5H/q-1. The molecule has 0 bridgehead atoms. The first-order valence-corrected chi connectivity index (χ1v) is 3.86. The van der Waals surface area contributed by atoms with Gasteiger partial charge in [0.05, 0.1) is 0 Å². The molecule has 1 nitrogen and oxygen atoms in total. The van der Waals surface area contributed by atoms with E-state index in [1.807, 2.05) is 0 Å². The lowest BCUT2D eigenvalue weighted by Crippen LogP contribution is -1.96. The van der Waals surface area contributed by atoms with Crippen LogP contribution in [0, 0.1) is 0 Å². The molecule has 1 rings (SSSR count). The third kappa shape index (κ3) is 3.52. The third-order valence-electron chi connectivity index (χ3n) is 1.01. The highest BCUT2D eigenvalue weighted by molar-refractivity contribution is 8.02. The number of nitrogens with zero attached hydrogens (tertiary/aromatic N) is 1. The molecule has 0 atom stereocenters. The van der Waals surface area contributed by atoms with Gasteiger partial charge in [-0.15, -0.1) is 5.69 Å². The van der Waals surface area contributed by atoms with Crippen LogP contribution in [0.1, 0.15) is 0 Å². The zero-order chi connectivity index (χ0) is 9.03. The van der Waals surface area contributed by atoms with Crippen LogP contribution in [0.5, 0.6) is 0 Å². The van der Waals surface area contributed by atoms with Crippen LogP contribution in [0.2, 0.25) is 0 Å². The molecule has 0 radical (unpaired) electrons. The molecule has 1 aromatic rings. The van der Waals surface area contributed by atoms with Crippen molar-refractivity contribution in [1.29, 1.82) is 0 Å². The Morgan fingerprint density at radius 3 is 2.17 bits per heavy atom. The quantitative estimate of drug-likeness (QED) is 0.649. The number of hydrogen-bond donors (Lipinski definition) is 0. The van der Waals surface area contributed by atoms with Gasteiger partial charge in [-0.25, -0.2) is 0 Å². The highest BCUT2D eigenvalue weighted by atomic mass is 32.2. The molecule has 0 aliphatic carbocycles. The summed E-state index contributed by atoms with van der Waals surface area (Å²) in [5, 5.41) is 0. The Bertz CT molecular complexity index is 234. The van der Waals surface area contributed by atoms with Gasteiger partial charge in [0.1, 0.15) is 0 Å². The molecule has 0 N–H and O–H groups in total. The van der Waals surface area contributed by atoms with Crippen LogP contribution in [-0.2, 0) is 0 Å². The lowest BCUT2D eigenvalue weighted by molar-refractivity contribution is -0.0321. The predicted molar refractivity (Wildman–Crippen MR) is 43.1 cm³/mol. The van der Waals surface area contributed by atoms with Crippen LogP contribution in [0.15, 0.2) is 30.3 Å². The van der Waals surface area contributed by atoms with Gasteiger partial charge < -0.3 is 4.72 Å². The first-order valence-electron chi connectivity index (χ1n) is 3.09. The second-order valence-electron chi connectivity index (χ2n) is 1.96. The number of halogens is 3. The first-order chi connectivity index (χ1) is 5.58. The molecule has 12 heavy (non-hydrogen) atoms. The van der Waals surface area contributed by atoms with E-state index in [9.17, 15) is 13.2 Å². The van der Waals surface area contributed by atoms with E-state index in [1.54, 1.807) is 18.2 Å². The molecule has 1 aromatic carbocycles. The lowest BCUT2D eigenvalue weighted by Gasteiger charge is -2.21. The van der Waals surface area contributed by atoms with Crippen molar-refractivity contribution in [3.63, 3.8) is 0 Å². The van der Waals surface area contributed by atoms with Crippen LogP contribution in [0.4, 0.5) is 18.9 Å². The maximum atomic E-state index is 11.6. The molecular weight excluding hydrogens is 187 g/mol. The van der Waals surface area contributed by atoms with E-state index in [1.165, 1.54) is 12.1 Å². The monoisotopic (exact) mass is 192 g/mol. The van der Waals surface area contributed by atoms with Crippen LogP contribution >= 0.6 is 11.9 Å². The van der Waals surface area contributed by atoms with Crippen molar-refractivity contribution >= 4 is 17.6 Å². The van der Waals surface area contributed by atoms with Crippen LogP contribution in [0.25, 0.3) is 4.72 Å². The van der Waals surface area contributed by atoms with Crippen LogP contribution in [-0.4, -0.2) is 5.51 Å². The highest BCUT2D eigenvalue weighted by Crippen LogP contribution is 2.39. The molecule has 0 saturated heterocycles. The fraction of sp³-hybridized carbons (Fsp3) is 0.143. The van der Waals surface area contributed by atoms with E-state index in [4.69, 9.17) is 0 Å². The predicted octanol–water partition coefficient (Wildman–Crippen LogP) is 3.86. The maximum Gasteiger partial charge on any atom is 0.426 e. The van der Waals surface area contributed by atoms with E-state index < -0.39 is 5.51 Å². The van der Waals surface area contributed by atoms with Crippen LogP contribution in [0.3, 0.4) is 0 Å². The Hall–Kier alpha value is -0.840. The number of rotatable bonds is 2. The molecule has 0 aliphatic heterocycles. The molecule has 0 aromatic heterocycles. The Morgan fingerprint density at radius 2 is 1.67 bits per heavy atom. The van der Waals surface area contributed by atoms with Crippen LogP contribution < -0.4 is 0 Å². The van der Waals surface area contributed by atoms with Crippen molar-refractivity contribution < 1.29 is 13.2 Å². The van der Waals surface area contributed by atoms with E-state index in [-0.39, 0.29) is 11.9 Å². The summed E-state index contributed by atoms with van der Waals surface area (Å²) >= 11 is -0.388. The van der Waals surface area contributed by atoms with Gasteiger partial charge in [-0.05, 0) is 0 Å². The summed E-state index contributed by atoms with van der Waals surface area (Å²) in [4.78, 5) is 0. The average molecular weight is 192 g/mol. The summed E-state index contributed by atoms with van der Waals surface area (Å²) < 4.78 is 38.1. The van der Waals surface area contributed by atoms with Gasteiger partial charge >= 0.3 is 5.51 Å². The fourth-order valence-electron chi connectivity index (χ4n) is 0.593. The maximum absolute atomic E-state index is 11.6. The van der Waals surface area contributed by atoms with Gasteiger partial charge in [-0.3, -0.25) is 0 Å². The Kier molecular flexibility index (Phi) is 2.86. The Balaban J connectivity index is 2.44. The summed E-state index contributed by atoms with van der Waals surface area (Å²) in [6.45, 7) is 0. The van der Waals surface area contributed by atoms with E-state index in [0.717, 1.165) is 0 Å². The molecule has 0 unspecified atom stereocenters. The zero-order valence-electron chi connectivity index (χ0n) is 5.88. The molecule has 0 saturated carbocycles. The third-order valence-corrected chi connectivity index (χ3v) is 1.52. The van der Waals surface area contributed by atoms with Gasteiger partial charge in [0, 0.05) is 0 Å². The normalized spacial score (nSPS) is 11.2. The van der Waals surface area contributed by atoms with Crippen molar-refractivity contribution in [1.82, 2.24) is 0 Å². The fourth-order valence-corrected chi connectivity index (χ4v) is 0.924. The second-order valence-corrected chi connectivity index (χ2v) is 2.79. The zero-order valence-corrected chi connectivity index (χ0v) is 6.69. The smallest absolute Gasteiger partial charge is 0.426 e. The van der Waals surface area contributed by atoms with Crippen molar-refractivity contribution in [3.05, 3.63) is 35.1 Å². The lowest BCUT2D eigenvalue weighted by atomic mass is 10.3. The van der Waals surface area contributed by atoms with Gasteiger partial charge in [0.15, 0.2) is 0 Å². The minimum absolute atomic E-state index is 0.319. The summed E-state index contributed by atoms with van der Waals surface area (Å²) in [6.07, 6.45) is 0. The number of benzene rings is 1. The summed E-state index contributed by atoms with van der Waals surface area (Å²) in [6, 6.07) is 8.01. The highest BCUT2D eigenvalue weighted by Gasteiger charge is 2.22. The largest absolute Gasteiger partial charge is 0.624 e. The van der Waals surface area contributed by atoms with Gasteiger partial charge in [0.25, 0.3) is 0 Å². The van der Waals surface area contributed by atoms with E-state index in [2.05, 4.69) is 4.72 Å². The summed E-state index contributed by atoms with van der Waals surface area (Å²) in [5.74, 6) is 0.